The summed E-state index contributed by atoms with van der Waals surface area (Å²) in [6.07, 6.45) is 7.28. The molecule has 1 amide bonds. The monoisotopic (exact) mass is 472 g/mol. The molecule has 0 unspecified atom stereocenters. The van der Waals surface area contributed by atoms with Crippen molar-refractivity contribution >= 4 is 23.3 Å². The summed E-state index contributed by atoms with van der Waals surface area (Å²) in [5.41, 5.74) is 0.866. The van der Waals surface area contributed by atoms with Crippen LogP contribution < -0.4 is 4.90 Å². The number of amides is 1. The van der Waals surface area contributed by atoms with Gasteiger partial charge in [-0.2, -0.15) is 0 Å². The van der Waals surface area contributed by atoms with Crippen molar-refractivity contribution in [3.63, 3.8) is 0 Å². The number of nitrogens with zero attached hydrogens (tertiary/aromatic N) is 6. The predicted molar refractivity (Wildman–Crippen MR) is 127 cm³/mol. The number of benzene rings is 1. The van der Waals surface area contributed by atoms with Gasteiger partial charge in [-0.1, -0.05) is 18.0 Å². The predicted octanol–water partition coefficient (Wildman–Crippen LogP) is 2.75. The van der Waals surface area contributed by atoms with Crippen LogP contribution in [0.15, 0.2) is 30.6 Å². The summed E-state index contributed by atoms with van der Waals surface area (Å²) in [6, 6.07) is 5.30. The van der Waals surface area contributed by atoms with Crippen LogP contribution in [0.5, 0.6) is 0 Å². The van der Waals surface area contributed by atoms with E-state index in [0.29, 0.717) is 22.8 Å². The third-order valence-electron chi connectivity index (χ3n) is 7.16. The maximum atomic E-state index is 14.1. The molecule has 7 nitrogen and oxygen atoms in total. The standard InChI is InChI=1S/C24H30ClFN6O/c25-18-4-5-20(21(26)14-18)22-15-28-23(16-27-22)31-8-6-29(7-9-31)17-24(33)32-12-10-30(11-13-32)19-2-1-3-19/h4-5,14-16,19H,1-3,6-13,17H2. The lowest BCUT2D eigenvalue weighted by Gasteiger charge is -2.43. The fraction of sp³-hybridized carbons (Fsp3) is 0.542. The molecule has 0 bridgehead atoms. The van der Waals surface area contributed by atoms with Gasteiger partial charge in [-0.05, 0) is 31.0 Å². The minimum Gasteiger partial charge on any atom is -0.353 e. The number of hydrogen-bond acceptors (Lipinski definition) is 6. The highest BCUT2D eigenvalue weighted by molar-refractivity contribution is 6.30. The summed E-state index contributed by atoms with van der Waals surface area (Å²) in [6.45, 7) is 7.40. The molecule has 1 aromatic carbocycles. The molecular weight excluding hydrogens is 443 g/mol. The highest BCUT2D eigenvalue weighted by Crippen LogP contribution is 2.26. The second kappa shape index (κ2) is 9.91. The summed E-state index contributed by atoms with van der Waals surface area (Å²) in [5, 5.41) is 0.355. The lowest BCUT2D eigenvalue weighted by molar-refractivity contribution is -0.134. The van der Waals surface area contributed by atoms with E-state index in [0.717, 1.165) is 64.2 Å². The largest absolute Gasteiger partial charge is 0.353 e. The summed E-state index contributed by atoms with van der Waals surface area (Å²) in [5.74, 6) is 0.601. The molecule has 2 aromatic rings. The van der Waals surface area contributed by atoms with E-state index < -0.39 is 5.82 Å². The number of piperazine rings is 2. The van der Waals surface area contributed by atoms with Crippen LogP contribution >= 0.6 is 11.6 Å². The van der Waals surface area contributed by atoms with E-state index in [2.05, 4.69) is 24.7 Å². The lowest BCUT2D eigenvalue weighted by atomic mass is 9.91. The fourth-order valence-corrected chi connectivity index (χ4v) is 4.99. The first-order chi connectivity index (χ1) is 16.1. The second-order valence-corrected chi connectivity index (χ2v) is 9.59. The van der Waals surface area contributed by atoms with Gasteiger partial charge in [0.1, 0.15) is 11.6 Å². The zero-order valence-corrected chi connectivity index (χ0v) is 19.6. The van der Waals surface area contributed by atoms with E-state index in [1.807, 2.05) is 4.90 Å². The molecule has 3 heterocycles. The van der Waals surface area contributed by atoms with Gasteiger partial charge in [-0.25, -0.2) is 9.37 Å². The Labute approximate surface area is 199 Å². The van der Waals surface area contributed by atoms with Crippen molar-refractivity contribution in [2.24, 2.45) is 0 Å². The van der Waals surface area contributed by atoms with Gasteiger partial charge < -0.3 is 9.80 Å². The molecule has 33 heavy (non-hydrogen) atoms. The van der Waals surface area contributed by atoms with Crippen molar-refractivity contribution in [3.8, 4) is 11.3 Å². The SMILES string of the molecule is O=C(CN1CCN(c2cnc(-c3ccc(Cl)cc3F)cn2)CC1)N1CCN(C2CCC2)CC1. The molecule has 1 aromatic heterocycles. The fourth-order valence-electron chi connectivity index (χ4n) is 4.84. The van der Waals surface area contributed by atoms with Crippen molar-refractivity contribution in [3.05, 3.63) is 41.4 Å². The van der Waals surface area contributed by atoms with E-state index in [4.69, 9.17) is 11.6 Å². The van der Waals surface area contributed by atoms with Crippen LogP contribution in [0.25, 0.3) is 11.3 Å². The van der Waals surface area contributed by atoms with Crippen LogP contribution in [0.1, 0.15) is 19.3 Å². The van der Waals surface area contributed by atoms with Gasteiger partial charge in [0, 0.05) is 69.0 Å². The van der Waals surface area contributed by atoms with Crippen molar-refractivity contribution in [1.29, 1.82) is 0 Å². The van der Waals surface area contributed by atoms with Crippen LogP contribution in [0, 0.1) is 5.82 Å². The van der Waals surface area contributed by atoms with E-state index >= 15 is 0 Å². The van der Waals surface area contributed by atoms with Crippen molar-refractivity contribution in [1.82, 2.24) is 24.7 Å². The minimum absolute atomic E-state index is 0.242. The summed E-state index contributed by atoms with van der Waals surface area (Å²) in [4.78, 5) is 30.7. The lowest BCUT2D eigenvalue weighted by Crippen LogP contribution is -2.56. The van der Waals surface area contributed by atoms with Gasteiger partial charge in [0.25, 0.3) is 0 Å². The number of carbonyl (C=O) groups excluding carboxylic acids is 1. The van der Waals surface area contributed by atoms with E-state index in [9.17, 15) is 9.18 Å². The maximum absolute atomic E-state index is 14.1. The zero-order valence-electron chi connectivity index (χ0n) is 18.8. The number of carbonyl (C=O) groups is 1. The Balaban J connectivity index is 1.09. The normalized spacial score (nSPS) is 20.7. The number of hydrogen-bond donors (Lipinski definition) is 0. The van der Waals surface area contributed by atoms with Crippen molar-refractivity contribution in [2.75, 3.05) is 63.8 Å². The molecule has 3 aliphatic rings. The Morgan fingerprint density at radius 3 is 2.36 bits per heavy atom. The first-order valence-corrected chi connectivity index (χ1v) is 12.2. The summed E-state index contributed by atoms with van der Waals surface area (Å²) >= 11 is 5.83. The molecule has 0 spiro atoms. The van der Waals surface area contributed by atoms with Gasteiger partial charge in [0.2, 0.25) is 5.91 Å². The molecule has 2 saturated heterocycles. The first kappa shape index (κ1) is 22.5. The van der Waals surface area contributed by atoms with E-state index in [1.165, 1.54) is 25.3 Å². The van der Waals surface area contributed by atoms with Gasteiger partial charge in [0.15, 0.2) is 0 Å². The third kappa shape index (κ3) is 5.13. The Bertz CT molecular complexity index is 969. The van der Waals surface area contributed by atoms with Gasteiger partial charge in [0.05, 0.1) is 24.6 Å². The number of rotatable bonds is 5. The van der Waals surface area contributed by atoms with Crippen LogP contribution in [-0.2, 0) is 4.79 Å². The molecule has 0 radical (unpaired) electrons. The average molecular weight is 473 g/mol. The second-order valence-electron chi connectivity index (χ2n) is 9.15. The Hall–Kier alpha value is -2.29. The maximum Gasteiger partial charge on any atom is 0.236 e. The first-order valence-electron chi connectivity index (χ1n) is 11.8. The molecule has 0 atom stereocenters. The zero-order chi connectivity index (χ0) is 22.8. The Morgan fingerprint density at radius 1 is 1.00 bits per heavy atom. The molecule has 0 N–H and O–H groups in total. The van der Waals surface area contributed by atoms with Crippen molar-refractivity contribution in [2.45, 2.75) is 25.3 Å². The van der Waals surface area contributed by atoms with E-state index in [-0.39, 0.29) is 5.91 Å². The average Bonchev–Trinajstić information content (AvgIpc) is 2.79. The molecule has 5 rings (SSSR count). The highest BCUT2D eigenvalue weighted by Gasteiger charge is 2.30. The molecule has 3 fully saturated rings. The van der Waals surface area contributed by atoms with Gasteiger partial charge in [-0.15, -0.1) is 0 Å². The van der Waals surface area contributed by atoms with Crippen molar-refractivity contribution < 1.29 is 9.18 Å². The molecule has 1 saturated carbocycles. The van der Waals surface area contributed by atoms with E-state index in [1.54, 1.807) is 24.5 Å². The third-order valence-corrected chi connectivity index (χ3v) is 7.39. The van der Waals surface area contributed by atoms with Gasteiger partial charge in [-0.3, -0.25) is 19.6 Å². The number of halogens is 2. The Morgan fingerprint density at radius 2 is 1.76 bits per heavy atom. The van der Waals surface area contributed by atoms with Crippen LogP contribution in [0.2, 0.25) is 5.02 Å². The molecule has 176 valence electrons. The van der Waals surface area contributed by atoms with Crippen LogP contribution in [-0.4, -0.2) is 95.5 Å². The Kier molecular flexibility index (Phi) is 6.76. The summed E-state index contributed by atoms with van der Waals surface area (Å²) in [7, 11) is 0. The van der Waals surface area contributed by atoms with Crippen LogP contribution in [0.3, 0.4) is 0 Å². The van der Waals surface area contributed by atoms with Crippen LogP contribution in [0.4, 0.5) is 10.2 Å². The molecule has 9 heteroatoms. The molecule has 2 aliphatic heterocycles. The molecular formula is C24H30ClFN6O. The smallest absolute Gasteiger partial charge is 0.236 e. The quantitative estimate of drug-likeness (QED) is 0.667. The minimum atomic E-state index is -0.410. The topological polar surface area (TPSA) is 55.8 Å². The molecule has 1 aliphatic carbocycles. The highest BCUT2D eigenvalue weighted by atomic mass is 35.5. The number of aromatic nitrogens is 2. The van der Waals surface area contributed by atoms with Gasteiger partial charge >= 0.3 is 0 Å². The number of anilines is 1. The summed E-state index contributed by atoms with van der Waals surface area (Å²) < 4.78 is 14.1.